The number of nitrogens with zero attached hydrogens (tertiary/aromatic N) is 1. The minimum Gasteiger partial charge on any atom is -0.508 e. The van der Waals surface area contributed by atoms with Gasteiger partial charge >= 0.3 is 5.97 Å². The zero-order valence-corrected chi connectivity index (χ0v) is 17.9. The third-order valence-electron chi connectivity index (χ3n) is 5.23. The highest BCUT2D eigenvalue weighted by atomic mass is 35.5. The molecule has 4 aromatic rings. The van der Waals surface area contributed by atoms with Gasteiger partial charge in [0.25, 0.3) is 0 Å². The van der Waals surface area contributed by atoms with Crippen molar-refractivity contribution in [1.29, 1.82) is 0 Å². The number of aromatic nitrogens is 2. The molecule has 0 aliphatic carbocycles. The van der Waals surface area contributed by atoms with E-state index in [4.69, 9.17) is 10.8 Å². The van der Waals surface area contributed by atoms with Crippen LogP contribution in [0.2, 0.25) is 0 Å². The van der Waals surface area contributed by atoms with Gasteiger partial charge in [-0.25, -0.2) is 0 Å². The molecule has 2 heterocycles. The standard InChI is InChI=1S/C21H19N3O4.2ClH/c1-9-12-5-6-23-20(21(28)14(22)8-16(26)27)17(12)10(2)18-13-7-11(25)3-4-15(13)24-19(9)18;;/h3-7,14,24-25H,8,22H2,1-2H3,(H,26,27);2*1H/t14-;;/m0../s1. The third kappa shape index (κ3) is 3.56. The van der Waals surface area contributed by atoms with E-state index in [0.29, 0.717) is 5.39 Å². The zero-order chi connectivity index (χ0) is 20.2. The number of Topliss-reactive ketones (excluding diaryl/α,β-unsaturated/α-hetero) is 1. The number of aromatic amines is 1. The number of H-pyrrole nitrogens is 1. The van der Waals surface area contributed by atoms with Gasteiger partial charge in [0.05, 0.1) is 18.0 Å². The largest absolute Gasteiger partial charge is 0.508 e. The van der Waals surface area contributed by atoms with E-state index in [1.807, 2.05) is 19.9 Å². The molecule has 5 N–H and O–H groups in total. The average molecular weight is 450 g/mol. The SMILES string of the molecule is Cc1c2ccnc(C(=O)[C@@H](N)CC(=O)O)c2c(C)c2c1[nH]c1ccc(O)cc12.Cl.Cl. The third-order valence-corrected chi connectivity index (χ3v) is 5.23. The van der Waals surface area contributed by atoms with Gasteiger partial charge in [0, 0.05) is 27.9 Å². The van der Waals surface area contributed by atoms with Crippen molar-refractivity contribution in [3.8, 4) is 5.75 Å². The Kier molecular flexibility index (Phi) is 6.61. The summed E-state index contributed by atoms with van der Waals surface area (Å²) in [5.41, 5.74) is 9.55. The van der Waals surface area contributed by atoms with Crippen LogP contribution in [0.25, 0.3) is 32.6 Å². The second kappa shape index (κ2) is 8.47. The van der Waals surface area contributed by atoms with E-state index in [2.05, 4.69) is 9.97 Å². The lowest BCUT2D eigenvalue weighted by Crippen LogP contribution is -2.33. The summed E-state index contributed by atoms with van der Waals surface area (Å²) in [4.78, 5) is 31.4. The first-order valence-corrected chi connectivity index (χ1v) is 8.83. The van der Waals surface area contributed by atoms with Crippen molar-refractivity contribution in [3.63, 3.8) is 0 Å². The Morgan fingerprint density at radius 3 is 2.47 bits per heavy atom. The van der Waals surface area contributed by atoms with Crippen LogP contribution >= 0.6 is 24.8 Å². The number of carbonyl (C=O) groups excluding carboxylic acids is 1. The predicted molar refractivity (Wildman–Crippen MR) is 121 cm³/mol. The van der Waals surface area contributed by atoms with Gasteiger partial charge in [0.1, 0.15) is 11.4 Å². The van der Waals surface area contributed by atoms with Crippen LogP contribution in [0.4, 0.5) is 0 Å². The van der Waals surface area contributed by atoms with E-state index < -0.39 is 24.2 Å². The molecule has 0 radical (unpaired) electrons. The summed E-state index contributed by atoms with van der Waals surface area (Å²) in [6.07, 6.45) is 1.08. The van der Waals surface area contributed by atoms with Crippen LogP contribution in [0.5, 0.6) is 5.75 Å². The summed E-state index contributed by atoms with van der Waals surface area (Å²) in [5.74, 6) is -1.49. The number of phenolic OH excluding ortho intramolecular Hbond substituents is 1. The molecular weight excluding hydrogens is 429 g/mol. The van der Waals surface area contributed by atoms with Gasteiger partial charge in [-0.1, -0.05) is 0 Å². The van der Waals surface area contributed by atoms with Crippen molar-refractivity contribution in [3.05, 3.63) is 47.3 Å². The highest BCUT2D eigenvalue weighted by Gasteiger charge is 2.25. The Morgan fingerprint density at radius 2 is 1.80 bits per heavy atom. The molecule has 7 nitrogen and oxygen atoms in total. The molecule has 0 saturated carbocycles. The quantitative estimate of drug-likeness (QED) is 0.348. The van der Waals surface area contributed by atoms with Crippen LogP contribution in [-0.2, 0) is 4.79 Å². The van der Waals surface area contributed by atoms with Crippen molar-refractivity contribution < 1.29 is 19.8 Å². The van der Waals surface area contributed by atoms with E-state index in [9.17, 15) is 14.7 Å². The molecule has 2 aromatic carbocycles. The Hall–Kier alpha value is -2.87. The second-order valence-electron chi connectivity index (χ2n) is 7.01. The number of nitrogens with one attached hydrogen (secondary N) is 1. The fraction of sp³-hybridized carbons (Fsp3) is 0.190. The number of carboxylic acids is 1. The molecule has 0 bridgehead atoms. The number of carbonyl (C=O) groups is 2. The molecule has 1 atom stereocenters. The van der Waals surface area contributed by atoms with Gasteiger partial charge in [0.15, 0.2) is 5.78 Å². The van der Waals surface area contributed by atoms with Crippen LogP contribution in [0.1, 0.15) is 28.0 Å². The molecule has 158 valence electrons. The van der Waals surface area contributed by atoms with E-state index in [1.165, 1.54) is 6.20 Å². The Morgan fingerprint density at radius 1 is 1.10 bits per heavy atom. The molecular formula is C21H21Cl2N3O4. The minimum absolute atomic E-state index is 0. The maximum Gasteiger partial charge on any atom is 0.305 e. The molecule has 0 aliphatic heterocycles. The number of aryl methyl sites for hydroxylation is 2. The van der Waals surface area contributed by atoms with Crippen molar-refractivity contribution in [1.82, 2.24) is 9.97 Å². The Labute approximate surface area is 184 Å². The highest BCUT2D eigenvalue weighted by Crippen LogP contribution is 2.38. The lowest BCUT2D eigenvalue weighted by molar-refractivity contribution is -0.137. The summed E-state index contributed by atoms with van der Waals surface area (Å²) >= 11 is 0. The maximum absolute atomic E-state index is 12.9. The van der Waals surface area contributed by atoms with Gasteiger partial charge in [-0.05, 0) is 54.6 Å². The number of rotatable bonds is 4. The highest BCUT2D eigenvalue weighted by molar-refractivity contribution is 6.20. The summed E-state index contributed by atoms with van der Waals surface area (Å²) in [7, 11) is 0. The molecule has 0 saturated heterocycles. The molecule has 4 rings (SSSR count). The summed E-state index contributed by atoms with van der Waals surface area (Å²) in [5, 5.41) is 22.1. The van der Waals surface area contributed by atoms with Crippen LogP contribution in [-0.4, -0.2) is 38.0 Å². The maximum atomic E-state index is 12.9. The molecule has 2 aromatic heterocycles. The van der Waals surface area contributed by atoms with E-state index in [-0.39, 0.29) is 36.3 Å². The Balaban J connectivity index is 0.00000160. The van der Waals surface area contributed by atoms with Gasteiger partial charge in [-0.15, -0.1) is 24.8 Å². The van der Waals surface area contributed by atoms with E-state index in [0.717, 1.165) is 38.3 Å². The zero-order valence-electron chi connectivity index (χ0n) is 16.2. The van der Waals surface area contributed by atoms with Crippen LogP contribution in [0.3, 0.4) is 0 Å². The summed E-state index contributed by atoms with van der Waals surface area (Å²) < 4.78 is 0. The number of halogens is 2. The topological polar surface area (TPSA) is 129 Å². The number of phenols is 1. The molecule has 0 unspecified atom stereocenters. The first kappa shape index (κ1) is 23.4. The van der Waals surface area contributed by atoms with Crippen molar-refractivity contribution in [2.75, 3.05) is 0 Å². The fourth-order valence-corrected chi connectivity index (χ4v) is 3.91. The number of carboxylic acid groups (broad SMARTS) is 1. The lowest BCUT2D eigenvalue weighted by atomic mass is 9.92. The van der Waals surface area contributed by atoms with Crippen molar-refractivity contribution in [2.45, 2.75) is 26.3 Å². The number of ketones is 1. The monoisotopic (exact) mass is 449 g/mol. The van der Waals surface area contributed by atoms with Gasteiger partial charge in [-0.3, -0.25) is 14.6 Å². The van der Waals surface area contributed by atoms with Gasteiger partial charge < -0.3 is 20.9 Å². The lowest BCUT2D eigenvalue weighted by Gasteiger charge is -2.14. The normalized spacial score (nSPS) is 11.8. The second-order valence-corrected chi connectivity index (χ2v) is 7.01. The van der Waals surface area contributed by atoms with Gasteiger partial charge in [0.2, 0.25) is 0 Å². The molecule has 0 spiro atoms. The number of fused-ring (bicyclic) bond motifs is 4. The number of hydrogen-bond acceptors (Lipinski definition) is 5. The first-order valence-electron chi connectivity index (χ1n) is 8.83. The number of hydrogen-bond donors (Lipinski definition) is 4. The average Bonchev–Trinajstić information content (AvgIpc) is 3.03. The Bertz CT molecular complexity index is 1300. The number of benzene rings is 2. The van der Waals surface area contributed by atoms with Crippen LogP contribution in [0, 0.1) is 13.8 Å². The molecule has 0 fully saturated rings. The first-order chi connectivity index (χ1) is 13.3. The number of aromatic hydroxyl groups is 1. The van der Waals surface area contributed by atoms with Gasteiger partial charge in [-0.2, -0.15) is 0 Å². The molecule has 9 heteroatoms. The number of aliphatic carboxylic acids is 1. The van der Waals surface area contributed by atoms with Crippen molar-refractivity contribution >= 4 is 69.1 Å². The smallest absolute Gasteiger partial charge is 0.305 e. The van der Waals surface area contributed by atoms with E-state index in [1.54, 1.807) is 18.2 Å². The van der Waals surface area contributed by atoms with Crippen LogP contribution < -0.4 is 5.73 Å². The number of nitrogens with two attached hydrogens (primary N) is 1. The summed E-state index contributed by atoms with van der Waals surface area (Å²) in [6, 6.07) is 5.77. The van der Waals surface area contributed by atoms with Crippen LogP contribution in [0.15, 0.2) is 30.5 Å². The minimum atomic E-state index is -1.17. The van der Waals surface area contributed by atoms with E-state index >= 15 is 0 Å². The predicted octanol–water partition coefficient (Wildman–Crippen LogP) is 4.02. The summed E-state index contributed by atoms with van der Waals surface area (Å²) in [6.45, 7) is 3.84. The molecule has 0 aliphatic rings. The molecule has 30 heavy (non-hydrogen) atoms. The number of pyridine rings is 1. The fourth-order valence-electron chi connectivity index (χ4n) is 3.91. The molecule has 0 amide bonds. The van der Waals surface area contributed by atoms with Crippen molar-refractivity contribution in [2.24, 2.45) is 5.73 Å².